The molecule has 5 heteroatoms. The molecule has 2 aromatic rings. The summed E-state index contributed by atoms with van der Waals surface area (Å²) in [5.41, 5.74) is 0.654. The van der Waals surface area contributed by atoms with Crippen molar-refractivity contribution in [2.24, 2.45) is 5.16 Å². The van der Waals surface area contributed by atoms with Crippen LogP contribution in [0.1, 0.15) is 6.42 Å². The Morgan fingerprint density at radius 1 is 1.10 bits per heavy atom. The molecule has 0 saturated heterocycles. The Labute approximate surface area is 116 Å². The monoisotopic (exact) mass is 270 g/mol. The second kappa shape index (κ2) is 6.94. The predicted octanol–water partition coefficient (Wildman–Crippen LogP) is 3.27. The Kier molecular flexibility index (Phi) is 4.72. The fourth-order valence-electron chi connectivity index (χ4n) is 1.57. The third-order valence-electron chi connectivity index (χ3n) is 2.48. The van der Waals surface area contributed by atoms with E-state index in [1.165, 1.54) is 0 Å². The van der Waals surface area contributed by atoms with Crippen LogP contribution in [0, 0.1) is 0 Å². The molecule has 1 amide bonds. The first-order valence-corrected chi connectivity index (χ1v) is 6.06. The van der Waals surface area contributed by atoms with Crippen LogP contribution in [0.25, 0.3) is 0 Å². The van der Waals surface area contributed by atoms with Gasteiger partial charge in [-0.15, -0.1) is 5.16 Å². The minimum absolute atomic E-state index is 0.0266. The summed E-state index contributed by atoms with van der Waals surface area (Å²) in [6.45, 7) is 0. The fourth-order valence-corrected chi connectivity index (χ4v) is 1.57. The topological polar surface area (TPSA) is 70.9 Å². The Morgan fingerprint density at radius 2 is 1.75 bits per heavy atom. The maximum absolute atomic E-state index is 11.4. The van der Waals surface area contributed by atoms with Crippen LogP contribution in [0.4, 0.5) is 5.69 Å². The van der Waals surface area contributed by atoms with Crippen molar-refractivity contribution in [2.45, 2.75) is 6.42 Å². The van der Waals surface area contributed by atoms with E-state index in [1.807, 2.05) is 30.3 Å². The van der Waals surface area contributed by atoms with E-state index in [-0.39, 0.29) is 12.3 Å². The Balaban J connectivity index is 1.94. The zero-order chi connectivity index (χ0) is 14.2. The number of carbonyl (C=O) groups excluding carboxylic acids is 1. The zero-order valence-corrected chi connectivity index (χ0v) is 10.7. The summed E-state index contributed by atoms with van der Waals surface area (Å²) in [4.78, 5) is 11.4. The van der Waals surface area contributed by atoms with E-state index in [0.717, 1.165) is 12.0 Å². The molecule has 0 saturated carbocycles. The molecule has 0 bridgehead atoms. The van der Waals surface area contributed by atoms with Crippen molar-refractivity contribution in [1.82, 2.24) is 0 Å². The molecular formula is C15H14N2O3. The second-order valence-electron chi connectivity index (χ2n) is 3.99. The van der Waals surface area contributed by atoms with E-state index in [9.17, 15) is 4.79 Å². The summed E-state index contributed by atoms with van der Waals surface area (Å²) in [6, 6.07) is 16.5. The van der Waals surface area contributed by atoms with Gasteiger partial charge in [-0.05, 0) is 36.4 Å². The Morgan fingerprint density at radius 3 is 2.40 bits per heavy atom. The van der Waals surface area contributed by atoms with Crippen molar-refractivity contribution in [3.05, 3.63) is 54.6 Å². The number of carbonyl (C=O) groups is 1. The van der Waals surface area contributed by atoms with Gasteiger partial charge in [0, 0.05) is 5.69 Å². The minimum atomic E-state index is -0.250. The number of nitrogens with one attached hydrogen (secondary N) is 1. The maximum Gasteiger partial charge on any atom is 0.229 e. The molecule has 0 spiro atoms. The first-order valence-electron chi connectivity index (χ1n) is 6.06. The molecule has 2 aromatic carbocycles. The van der Waals surface area contributed by atoms with Gasteiger partial charge < -0.3 is 15.3 Å². The lowest BCUT2D eigenvalue weighted by Gasteiger charge is -2.07. The predicted molar refractivity (Wildman–Crippen MR) is 76.5 cm³/mol. The third kappa shape index (κ3) is 4.13. The summed E-state index contributed by atoms with van der Waals surface area (Å²) in [5, 5.41) is 13.7. The van der Waals surface area contributed by atoms with Gasteiger partial charge in [-0.3, -0.25) is 4.79 Å². The van der Waals surface area contributed by atoms with Crippen molar-refractivity contribution >= 4 is 17.8 Å². The van der Waals surface area contributed by atoms with Crippen molar-refractivity contribution < 1.29 is 14.7 Å². The largest absolute Gasteiger partial charge is 0.457 e. The number of oxime groups is 1. The number of anilines is 1. The van der Waals surface area contributed by atoms with Gasteiger partial charge in [0.25, 0.3) is 0 Å². The van der Waals surface area contributed by atoms with E-state index in [2.05, 4.69) is 10.5 Å². The first kappa shape index (κ1) is 13.6. The number of ether oxygens (including phenoxy) is 1. The minimum Gasteiger partial charge on any atom is -0.457 e. The van der Waals surface area contributed by atoms with E-state index < -0.39 is 0 Å². The molecule has 0 fully saturated rings. The van der Waals surface area contributed by atoms with Gasteiger partial charge in [-0.2, -0.15) is 0 Å². The highest BCUT2D eigenvalue weighted by Gasteiger charge is 2.01. The number of nitrogens with zero attached hydrogens (tertiary/aromatic N) is 1. The molecule has 0 unspecified atom stereocenters. The van der Waals surface area contributed by atoms with Gasteiger partial charge in [0.2, 0.25) is 5.91 Å². The van der Waals surface area contributed by atoms with Crippen LogP contribution in [0.15, 0.2) is 59.8 Å². The average Bonchev–Trinajstić information content (AvgIpc) is 2.48. The summed E-state index contributed by atoms with van der Waals surface area (Å²) in [6.07, 6.45) is 1.15. The Hall–Kier alpha value is -2.82. The summed E-state index contributed by atoms with van der Waals surface area (Å²) in [7, 11) is 0. The standard InChI is InChI=1S/C15H14N2O3/c18-15(10-11-16-19)17-12-6-8-14(9-7-12)20-13-4-2-1-3-5-13/h1-9,11,19H,10H2,(H,17,18)/b16-11+. The lowest BCUT2D eigenvalue weighted by Crippen LogP contribution is -2.11. The number of amides is 1. The van der Waals surface area contributed by atoms with E-state index in [1.54, 1.807) is 24.3 Å². The molecule has 102 valence electrons. The summed E-state index contributed by atoms with van der Waals surface area (Å²) in [5.74, 6) is 1.19. The lowest BCUT2D eigenvalue weighted by molar-refractivity contribution is -0.115. The van der Waals surface area contributed by atoms with Crippen LogP contribution < -0.4 is 10.1 Å². The van der Waals surface area contributed by atoms with Gasteiger partial charge in [-0.25, -0.2) is 0 Å². The van der Waals surface area contributed by atoms with Gasteiger partial charge in [0.15, 0.2) is 0 Å². The molecule has 0 aliphatic rings. The molecule has 0 radical (unpaired) electrons. The molecule has 0 aliphatic heterocycles. The second-order valence-corrected chi connectivity index (χ2v) is 3.99. The molecule has 0 aliphatic carbocycles. The van der Waals surface area contributed by atoms with Crippen molar-refractivity contribution in [1.29, 1.82) is 0 Å². The van der Waals surface area contributed by atoms with Crippen LogP contribution in [-0.4, -0.2) is 17.3 Å². The Bertz CT molecular complexity index is 580. The molecule has 0 heterocycles. The highest BCUT2D eigenvalue weighted by Crippen LogP contribution is 2.22. The van der Waals surface area contributed by atoms with E-state index in [0.29, 0.717) is 11.4 Å². The highest BCUT2D eigenvalue weighted by molar-refractivity contribution is 5.98. The number of benzene rings is 2. The van der Waals surface area contributed by atoms with Crippen LogP contribution in [0.3, 0.4) is 0 Å². The average molecular weight is 270 g/mol. The van der Waals surface area contributed by atoms with E-state index in [4.69, 9.17) is 9.94 Å². The number of para-hydroxylation sites is 1. The fraction of sp³-hybridized carbons (Fsp3) is 0.0667. The van der Waals surface area contributed by atoms with Gasteiger partial charge in [0.05, 0.1) is 12.6 Å². The summed E-state index contributed by atoms with van der Waals surface area (Å²) >= 11 is 0. The van der Waals surface area contributed by atoms with Crippen LogP contribution >= 0.6 is 0 Å². The van der Waals surface area contributed by atoms with Crippen molar-refractivity contribution in [2.75, 3.05) is 5.32 Å². The molecular weight excluding hydrogens is 256 g/mol. The third-order valence-corrected chi connectivity index (χ3v) is 2.48. The molecule has 2 rings (SSSR count). The van der Waals surface area contributed by atoms with Crippen molar-refractivity contribution in [3.8, 4) is 11.5 Å². The van der Waals surface area contributed by atoms with Gasteiger partial charge in [0.1, 0.15) is 11.5 Å². The molecule has 5 nitrogen and oxygen atoms in total. The lowest BCUT2D eigenvalue weighted by atomic mass is 10.3. The van der Waals surface area contributed by atoms with Crippen LogP contribution in [0.2, 0.25) is 0 Å². The quantitative estimate of drug-likeness (QED) is 0.497. The van der Waals surface area contributed by atoms with Gasteiger partial charge in [-0.1, -0.05) is 18.2 Å². The smallest absolute Gasteiger partial charge is 0.229 e. The normalized spacial score (nSPS) is 10.4. The number of hydrogen-bond donors (Lipinski definition) is 2. The SMILES string of the molecule is O=C(C/C=N/O)Nc1ccc(Oc2ccccc2)cc1. The molecule has 0 atom stereocenters. The maximum atomic E-state index is 11.4. The summed E-state index contributed by atoms with van der Waals surface area (Å²) < 4.78 is 5.64. The highest BCUT2D eigenvalue weighted by atomic mass is 16.5. The molecule has 2 N–H and O–H groups in total. The number of rotatable bonds is 5. The number of hydrogen-bond acceptors (Lipinski definition) is 4. The van der Waals surface area contributed by atoms with Crippen LogP contribution in [-0.2, 0) is 4.79 Å². The van der Waals surface area contributed by atoms with Crippen molar-refractivity contribution in [3.63, 3.8) is 0 Å². The molecule has 20 heavy (non-hydrogen) atoms. The molecule has 0 aromatic heterocycles. The van der Waals surface area contributed by atoms with Gasteiger partial charge >= 0.3 is 0 Å². The zero-order valence-electron chi connectivity index (χ0n) is 10.7. The van der Waals surface area contributed by atoms with E-state index >= 15 is 0 Å². The van der Waals surface area contributed by atoms with Crippen LogP contribution in [0.5, 0.6) is 11.5 Å². The first-order chi connectivity index (χ1) is 9.78.